The standard InChI is InChI=1S/C7H8BrFN2/c8-7-4-5(9)3-6(11-7)1-2-10/h3-4H,1-2,10H2. The van der Waals surface area contributed by atoms with Gasteiger partial charge in [-0.3, -0.25) is 0 Å². The van der Waals surface area contributed by atoms with Crippen LogP contribution in [-0.4, -0.2) is 11.5 Å². The van der Waals surface area contributed by atoms with Crippen molar-refractivity contribution < 1.29 is 4.39 Å². The molecule has 1 aromatic rings. The van der Waals surface area contributed by atoms with Gasteiger partial charge in [-0.1, -0.05) is 0 Å². The molecule has 1 heterocycles. The summed E-state index contributed by atoms with van der Waals surface area (Å²) in [5.74, 6) is -0.282. The Morgan fingerprint density at radius 3 is 2.82 bits per heavy atom. The highest BCUT2D eigenvalue weighted by Crippen LogP contribution is 2.10. The minimum Gasteiger partial charge on any atom is -0.330 e. The smallest absolute Gasteiger partial charge is 0.127 e. The molecule has 0 bridgehead atoms. The van der Waals surface area contributed by atoms with Crippen LogP contribution in [0.5, 0.6) is 0 Å². The van der Waals surface area contributed by atoms with Crippen molar-refractivity contribution in [2.75, 3.05) is 6.54 Å². The number of halogens is 2. The van der Waals surface area contributed by atoms with Gasteiger partial charge in [-0.15, -0.1) is 0 Å². The minimum absolute atomic E-state index is 0.282. The van der Waals surface area contributed by atoms with Crippen molar-refractivity contribution >= 4 is 15.9 Å². The summed E-state index contributed by atoms with van der Waals surface area (Å²) in [7, 11) is 0. The van der Waals surface area contributed by atoms with Crippen LogP contribution in [0.3, 0.4) is 0 Å². The Bertz CT molecular complexity index is 232. The summed E-state index contributed by atoms with van der Waals surface area (Å²) in [6.45, 7) is 0.489. The molecule has 1 rings (SSSR count). The second kappa shape index (κ2) is 3.78. The summed E-state index contributed by atoms with van der Waals surface area (Å²) in [5, 5.41) is 0. The predicted octanol–water partition coefficient (Wildman–Crippen LogP) is 1.48. The van der Waals surface area contributed by atoms with E-state index in [1.165, 1.54) is 12.1 Å². The number of hydrogen-bond donors (Lipinski definition) is 1. The zero-order valence-corrected chi connectivity index (χ0v) is 7.44. The molecule has 0 aromatic carbocycles. The van der Waals surface area contributed by atoms with Crippen LogP contribution in [0.15, 0.2) is 16.7 Å². The largest absolute Gasteiger partial charge is 0.330 e. The van der Waals surface area contributed by atoms with Crippen LogP contribution in [0.1, 0.15) is 5.69 Å². The Morgan fingerprint density at radius 1 is 1.55 bits per heavy atom. The maximum atomic E-state index is 12.6. The predicted molar refractivity (Wildman–Crippen MR) is 44.7 cm³/mol. The Labute approximate surface area is 72.8 Å². The molecule has 0 atom stereocenters. The van der Waals surface area contributed by atoms with Gasteiger partial charge in [0.1, 0.15) is 10.4 Å². The Hall–Kier alpha value is -0.480. The lowest BCUT2D eigenvalue weighted by Gasteiger charge is -1.98. The van der Waals surface area contributed by atoms with Crippen LogP contribution >= 0.6 is 15.9 Å². The molecule has 1 aromatic heterocycles. The van der Waals surface area contributed by atoms with Crippen molar-refractivity contribution in [2.45, 2.75) is 6.42 Å². The lowest BCUT2D eigenvalue weighted by molar-refractivity contribution is 0.620. The number of pyridine rings is 1. The first-order valence-electron chi connectivity index (χ1n) is 3.24. The van der Waals surface area contributed by atoms with E-state index in [1.54, 1.807) is 0 Å². The molecule has 2 N–H and O–H groups in total. The summed E-state index contributed by atoms with van der Waals surface area (Å²) >= 11 is 3.09. The van der Waals surface area contributed by atoms with Crippen molar-refractivity contribution in [3.05, 3.63) is 28.2 Å². The highest BCUT2D eigenvalue weighted by Gasteiger charge is 1.98. The zero-order chi connectivity index (χ0) is 8.27. The molecule has 0 amide bonds. The number of aromatic nitrogens is 1. The van der Waals surface area contributed by atoms with Crippen molar-refractivity contribution in [3.8, 4) is 0 Å². The SMILES string of the molecule is NCCc1cc(F)cc(Br)n1. The fourth-order valence-electron chi connectivity index (χ4n) is 0.792. The fourth-order valence-corrected chi connectivity index (χ4v) is 1.24. The third kappa shape index (κ3) is 2.55. The van der Waals surface area contributed by atoms with Crippen molar-refractivity contribution in [2.24, 2.45) is 5.73 Å². The minimum atomic E-state index is -0.282. The van der Waals surface area contributed by atoms with Crippen LogP contribution in [0, 0.1) is 5.82 Å². The Balaban J connectivity index is 2.89. The maximum Gasteiger partial charge on any atom is 0.127 e. The molecule has 4 heteroatoms. The van der Waals surface area contributed by atoms with Gasteiger partial charge in [0.2, 0.25) is 0 Å². The van der Waals surface area contributed by atoms with E-state index >= 15 is 0 Å². The molecule has 0 radical (unpaired) electrons. The first-order valence-corrected chi connectivity index (χ1v) is 4.03. The Morgan fingerprint density at radius 2 is 2.27 bits per heavy atom. The van der Waals surface area contributed by atoms with E-state index in [0.717, 1.165) is 0 Å². The molecule has 2 nitrogen and oxygen atoms in total. The van der Waals surface area contributed by atoms with E-state index in [4.69, 9.17) is 5.73 Å². The van der Waals surface area contributed by atoms with Crippen LogP contribution in [0.4, 0.5) is 4.39 Å². The van der Waals surface area contributed by atoms with Gasteiger partial charge < -0.3 is 5.73 Å². The molecule has 0 saturated carbocycles. The highest BCUT2D eigenvalue weighted by molar-refractivity contribution is 9.10. The summed E-state index contributed by atoms with van der Waals surface area (Å²) in [5.41, 5.74) is 5.96. The molecule has 0 fully saturated rings. The number of rotatable bonds is 2. The van der Waals surface area contributed by atoms with E-state index in [-0.39, 0.29) is 5.82 Å². The summed E-state index contributed by atoms with van der Waals surface area (Å²) in [6, 6.07) is 2.71. The third-order valence-corrected chi connectivity index (χ3v) is 1.62. The van der Waals surface area contributed by atoms with Crippen molar-refractivity contribution in [3.63, 3.8) is 0 Å². The van der Waals surface area contributed by atoms with E-state index in [0.29, 0.717) is 23.3 Å². The van der Waals surface area contributed by atoms with E-state index in [2.05, 4.69) is 20.9 Å². The molecule has 0 aliphatic heterocycles. The molecule has 0 unspecified atom stereocenters. The van der Waals surface area contributed by atoms with Gasteiger partial charge in [0.05, 0.1) is 0 Å². The van der Waals surface area contributed by atoms with Crippen LogP contribution < -0.4 is 5.73 Å². The van der Waals surface area contributed by atoms with Crippen molar-refractivity contribution in [1.82, 2.24) is 4.98 Å². The number of hydrogen-bond acceptors (Lipinski definition) is 2. The van der Waals surface area contributed by atoms with Gasteiger partial charge in [-0.25, -0.2) is 9.37 Å². The van der Waals surface area contributed by atoms with Gasteiger partial charge in [0.15, 0.2) is 0 Å². The van der Waals surface area contributed by atoms with Crippen LogP contribution in [0.2, 0.25) is 0 Å². The quantitative estimate of drug-likeness (QED) is 0.765. The van der Waals surface area contributed by atoms with Gasteiger partial charge in [-0.2, -0.15) is 0 Å². The molecule has 0 spiro atoms. The normalized spacial score (nSPS) is 10.1. The fraction of sp³-hybridized carbons (Fsp3) is 0.286. The number of nitrogens with zero attached hydrogens (tertiary/aromatic N) is 1. The molecular formula is C7H8BrFN2. The third-order valence-electron chi connectivity index (χ3n) is 1.21. The summed E-state index contributed by atoms with van der Waals surface area (Å²) < 4.78 is 13.2. The van der Waals surface area contributed by atoms with Crippen molar-refractivity contribution in [1.29, 1.82) is 0 Å². The average molecular weight is 219 g/mol. The second-order valence-electron chi connectivity index (χ2n) is 2.14. The summed E-state index contributed by atoms with van der Waals surface area (Å²) in [6.07, 6.45) is 0.607. The van der Waals surface area contributed by atoms with E-state index in [1.807, 2.05) is 0 Å². The lowest BCUT2D eigenvalue weighted by atomic mass is 10.3. The molecule has 11 heavy (non-hydrogen) atoms. The zero-order valence-electron chi connectivity index (χ0n) is 5.85. The van der Waals surface area contributed by atoms with Gasteiger partial charge >= 0.3 is 0 Å². The lowest BCUT2D eigenvalue weighted by Crippen LogP contribution is -2.04. The molecule has 0 saturated heterocycles. The molecular weight excluding hydrogens is 211 g/mol. The van der Waals surface area contributed by atoms with Gasteiger partial charge in [-0.05, 0) is 28.5 Å². The first kappa shape index (κ1) is 8.62. The maximum absolute atomic E-state index is 12.6. The van der Waals surface area contributed by atoms with Crippen LogP contribution in [0.25, 0.3) is 0 Å². The monoisotopic (exact) mass is 218 g/mol. The Kier molecular flexibility index (Phi) is 2.96. The number of nitrogens with two attached hydrogens (primary N) is 1. The highest BCUT2D eigenvalue weighted by atomic mass is 79.9. The second-order valence-corrected chi connectivity index (χ2v) is 2.95. The van der Waals surface area contributed by atoms with Gasteiger partial charge in [0, 0.05) is 18.2 Å². The van der Waals surface area contributed by atoms with E-state index < -0.39 is 0 Å². The molecule has 0 aliphatic carbocycles. The molecule has 60 valence electrons. The van der Waals surface area contributed by atoms with Crippen LogP contribution in [-0.2, 0) is 6.42 Å². The average Bonchev–Trinajstić information content (AvgIpc) is 1.85. The summed E-state index contributed by atoms with van der Waals surface area (Å²) in [4.78, 5) is 4.02. The van der Waals surface area contributed by atoms with Gasteiger partial charge in [0.25, 0.3) is 0 Å². The first-order chi connectivity index (χ1) is 5.22. The van der Waals surface area contributed by atoms with E-state index in [9.17, 15) is 4.39 Å². The topological polar surface area (TPSA) is 38.9 Å². The molecule has 0 aliphatic rings.